The van der Waals surface area contributed by atoms with Crippen molar-refractivity contribution < 1.29 is 17.7 Å². The predicted octanol–water partition coefficient (Wildman–Crippen LogP) is 6.73. The van der Waals surface area contributed by atoms with E-state index in [-0.39, 0.29) is 17.4 Å². The van der Waals surface area contributed by atoms with Gasteiger partial charge in [0.2, 0.25) is 0 Å². The number of fused-ring (bicyclic) bond motifs is 5. The van der Waals surface area contributed by atoms with Gasteiger partial charge in [-0.3, -0.25) is 4.18 Å². The topological polar surface area (TPSA) is 63.6 Å². The molecule has 4 rings (SSSR count). The Morgan fingerprint density at radius 3 is 2.38 bits per heavy atom. The number of hydrogen-bond donors (Lipinski definition) is 1. The Morgan fingerprint density at radius 2 is 1.74 bits per heavy atom. The summed E-state index contributed by atoms with van der Waals surface area (Å²) in [6.45, 7) is 13.6. The minimum atomic E-state index is -3.42. The van der Waals surface area contributed by atoms with Gasteiger partial charge in [0, 0.05) is 0 Å². The summed E-state index contributed by atoms with van der Waals surface area (Å²) in [5, 5.41) is 10.7. The molecule has 3 fully saturated rings. The average molecular weight is 495 g/mol. The summed E-state index contributed by atoms with van der Waals surface area (Å²) < 4.78 is 28.9. The number of aliphatic hydroxyl groups is 1. The Hall–Kier alpha value is -0.390. The quantitative estimate of drug-likeness (QED) is 0.315. The minimum Gasteiger partial charge on any atom is -0.390 e. The molecule has 0 aliphatic heterocycles. The molecule has 196 valence electrons. The van der Waals surface area contributed by atoms with E-state index in [1.165, 1.54) is 38.4 Å². The molecule has 0 aromatic rings. The van der Waals surface area contributed by atoms with Crippen LogP contribution in [-0.4, -0.2) is 31.5 Å². The molecule has 0 aromatic heterocycles. The second-order valence-electron chi connectivity index (χ2n) is 13.8. The van der Waals surface area contributed by atoms with Gasteiger partial charge in [-0.1, -0.05) is 46.3 Å². The lowest BCUT2D eigenvalue weighted by atomic mass is 9.46. The fourth-order valence-electron chi connectivity index (χ4n) is 9.13. The van der Waals surface area contributed by atoms with E-state index in [1.54, 1.807) is 5.57 Å². The second kappa shape index (κ2) is 9.17. The van der Waals surface area contributed by atoms with Crippen molar-refractivity contribution in [2.45, 2.75) is 117 Å². The molecular weight excluding hydrogens is 444 g/mol. The van der Waals surface area contributed by atoms with Crippen molar-refractivity contribution in [2.75, 3.05) is 6.26 Å². The van der Waals surface area contributed by atoms with Crippen LogP contribution in [0.5, 0.6) is 0 Å². The third kappa shape index (κ3) is 4.92. The summed E-state index contributed by atoms with van der Waals surface area (Å²) in [6.07, 6.45) is 14.8. The molecule has 0 saturated heterocycles. The summed E-state index contributed by atoms with van der Waals surface area (Å²) in [5.41, 5.74) is 1.70. The highest BCUT2D eigenvalue weighted by molar-refractivity contribution is 7.86. The first-order valence-electron chi connectivity index (χ1n) is 14.0. The summed E-state index contributed by atoms with van der Waals surface area (Å²) in [6, 6.07) is 0. The van der Waals surface area contributed by atoms with Gasteiger partial charge in [-0.15, -0.1) is 0 Å². The van der Waals surface area contributed by atoms with Crippen LogP contribution in [0.4, 0.5) is 0 Å². The van der Waals surface area contributed by atoms with Gasteiger partial charge in [0.25, 0.3) is 10.1 Å². The molecule has 1 N–H and O–H groups in total. The van der Waals surface area contributed by atoms with Crippen molar-refractivity contribution in [3.63, 3.8) is 0 Å². The van der Waals surface area contributed by atoms with Gasteiger partial charge >= 0.3 is 0 Å². The van der Waals surface area contributed by atoms with E-state index in [4.69, 9.17) is 4.18 Å². The summed E-state index contributed by atoms with van der Waals surface area (Å²) in [7, 11) is -3.42. The summed E-state index contributed by atoms with van der Waals surface area (Å²) in [5.74, 6) is 3.85. The van der Waals surface area contributed by atoms with Gasteiger partial charge in [-0.2, -0.15) is 8.42 Å². The van der Waals surface area contributed by atoms with Crippen molar-refractivity contribution in [1.29, 1.82) is 0 Å². The smallest absolute Gasteiger partial charge is 0.264 e. The van der Waals surface area contributed by atoms with Crippen LogP contribution in [-0.2, 0) is 14.3 Å². The maximum Gasteiger partial charge on any atom is 0.264 e. The monoisotopic (exact) mass is 494 g/mol. The van der Waals surface area contributed by atoms with Crippen LogP contribution >= 0.6 is 0 Å². The van der Waals surface area contributed by atoms with Crippen LogP contribution in [0.25, 0.3) is 0 Å². The Labute approximate surface area is 209 Å². The van der Waals surface area contributed by atoms with E-state index in [0.29, 0.717) is 11.3 Å². The third-order valence-corrected chi connectivity index (χ3v) is 11.7. The molecule has 4 nitrogen and oxygen atoms in total. The molecule has 5 heteroatoms. The van der Waals surface area contributed by atoms with Crippen LogP contribution in [0.3, 0.4) is 0 Å². The molecule has 3 saturated carbocycles. The van der Waals surface area contributed by atoms with E-state index >= 15 is 0 Å². The molecule has 0 heterocycles. The van der Waals surface area contributed by atoms with E-state index in [1.807, 2.05) is 6.92 Å². The first kappa shape index (κ1) is 26.7. The highest BCUT2D eigenvalue weighted by atomic mass is 32.2. The van der Waals surface area contributed by atoms with E-state index < -0.39 is 15.7 Å². The minimum absolute atomic E-state index is 0.199. The van der Waals surface area contributed by atoms with Crippen molar-refractivity contribution in [3.8, 4) is 0 Å². The van der Waals surface area contributed by atoms with Gasteiger partial charge in [-0.05, 0) is 117 Å². The lowest BCUT2D eigenvalue weighted by Crippen LogP contribution is -2.52. The van der Waals surface area contributed by atoms with Crippen LogP contribution in [0, 0.1) is 46.3 Å². The van der Waals surface area contributed by atoms with Crippen molar-refractivity contribution in [1.82, 2.24) is 0 Å². The van der Waals surface area contributed by atoms with Gasteiger partial charge < -0.3 is 5.11 Å². The van der Waals surface area contributed by atoms with Crippen LogP contribution in [0.1, 0.15) is 106 Å². The zero-order valence-electron chi connectivity index (χ0n) is 22.8. The van der Waals surface area contributed by atoms with E-state index in [9.17, 15) is 13.5 Å². The average Bonchev–Trinajstić information content (AvgIpc) is 3.07. The van der Waals surface area contributed by atoms with Gasteiger partial charge in [0.1, 0.15) is 0 Å². The molecule has 0 aromatic carbocycles. The molecule has 1 unspecified atom stereocenters. The summed E-state index contributed by atoms with van der Waals surface area (Å²) >= 11 is 0. The van der Waals surface area contributed by atoms with E-state index in [0.717, 1.165) is 55.8 Å². The first-order chi connectivity index (χ1) is 15.7. The highest BCUT2D eigenvalue weighted by Gasteiger charge is 2.59. The number of rotatable bonds is 7. The fraction of sp³-hybridized carbons (Fsp3) is 0.931. The maximum absolute atomic E-state index is 11.7. The van der Waals surface area contributed by atoms with E-state index in [2.05, 4.69) is 40.7 Å². The van der Waals surface area contributed by atoms with Gasteiger partial charge in [0.15, 0.2) is 0 Å². The zero-order valence-corrected chi connectivity index (χ0v) is 23.6. The lowest BCUT2D eigenvalue weighted by molar-refractivity contribution is -0.0709. The Bertz CT molecular complexity index is 890. The second-order valence-corrected chi connectivity index (χ2v) is 15.4. The molecule has 9 atom stereocenters. The SMILES string of the molecule is CC(C)C(CC[C@@H](C)[C@H]1CC[C@H]2[C@@H]3CC=C4C[C@@](C)(O)CC[C@]4(C)[C@H]3CC[C@]12C)OS(C)(=O)=O. The molecule has 0 spiro atoms. The number of allylic oxidation sites excluding steroid dienone is 1. The normalized spacial score (nSPS) is 44.1. The van der Waals surface area contributed by atoms with Gasteiger partial charge in [-0.25, -0.2) is 0 Å². The lowest BCUT2D eigenvalue weighted by Gasteiger charge is -2.59. The molecular formula is C29H50O4S. The highest BCUT2D eigenvalue weighted by Crippen LogP contribution is 2.67. The first-order valence-corrected chi connectivity index (χ1v) is 15.8. The van der Waals surface area contributed by atoms with Crippen LogP contribution in [0.15, 0.2) is 11.6 Å². The molecule has 4 aliphatic carbocycles. The molecule has 0 radical (unpaired) electrons. The number of hydrogen-bond acceptors (Lipinski definition) is 4. The molecule has 4 aliphatic rings. The maximum atomic E-state index is 11.7. The summed E-state index contributed by atoms with van der Waals surface area (Å²) in [4.78, 5) is 0. The largest absolute Gasteiger partial charge is 0.390 e. The standard InChI is InChI=1S/C29H50O4S/c1-19(2)26(33-34(7,31)32)13-8-20(3)23-11-12-24-22-10-9-21-18-27(4,30)16-17-28(21,5)25(22)14-15-29(23,24)6/h9,19-20,22-26,30H,8,10-18H2,1-7H3/t20-,22+,23-,24+,25+,26?,27+,28+,29-/m1/s1. The predicted molar refractivity (Wildman–Crippen MR) is 139 cm³/mol. The molecule has 34 heavy (non-hydrogen) atoms. The Balaban J connectivity index is 1.46. The fourth-order valence-corrected chi connectivity index (χ4v) is 9.89. The molecule has 0 bridgehead atoms. The third-order valence-electron chi connectivity index (χ3n) is 11.1. The van der Waals surface area contributed by atoms with Crippen molar-refractivity contribution in [3.05, 3.63) is 11.6 Å². The van der Waals surface area contributed by atoms with Gasteiger partial charge in [0.05, 0.1) is 18.0 Å². The van der Waals surface area contributed by atoms with Crippen molar-refractivity contribution in [2.24, 2.45) is 46.3 Å². The van der Waals surface area contributed by atoms with Crippen LogP contribution < -0.4 is 0 Å². The Kier molecular flexibility index (Phi) is 7.19. The van der Waals surface area contributed by atoms with Crippen LogP contribution in [0.2, 0.25) is 0 Å². The van der Waals surface area contributed by atoms with Crippen molar-refractivity contribution >= 4 is 10.1 Å². The Morgan fingerprint density at radius 1 is 1.03 bits per heavy atom. The zero-order chi connectivity index (χ0) is 25.1. The molecule has 0 amide bonds.